The van der Waals surface area contributed by atoms with Gasteiger partial charge in [-0.25, -0.2) is 9.59 Å². The first kappa shape index (κ1) is 116. The predicted molar refractivity (Wildman–Crippen MR) is 545 cm³/mol. The molecule has 14 atom stereocenters. The Morgan fingerprint density at radius 2 is 1.07 bits per heavy atom. The van der Waals surface area contributed by atoms with E-state index in [9.17, 15) is 72.9 Å². The van der Waals surface area contributed by atoms with Crippen LogP contribution in [0.25, 0.3) is 10.1 Å². The Morgan fingerprint density at radius 1 is 0.523 bits per heavy atom. The molecule has 43 nitrogen and oxygen atoms in total. The first-order valence-corrected chi connectivity index (χ1v) is 51.1. The van der Waals surface area contributed by atoms with E-state index in [0.29, 0.717) is 34.1 Å². The summed E-state index contributed by atoms with van der Waals surface area (Å²) >= 11 is 1.35. The highest BCUT2D eigenvalue weighted by Gasteiger charge is 2.53. The summed E-state index contributed by atoms with van der Waals surface area (Å²) in [5, 5.41) is 73.9. The molecule has 0 saturated carbocycles. The third-order valence-electron chi connectivity index (χ3n) is 27.1. The monoisotopic (exact) mass is 2080 g/mol. The number of carboxylic acids is 3. The molecule has 804 valence electrons. The molecule has 0 radical (unpaired) electrons. The number of likely N-dealkylation sites (tertiary alicyclic amines) is 1. The van der Waals surface area contributed by atoms with E-state index in [2.05, 4.69) is 79.8 Å². The summed E-state index contributed by atoms with van der Waals surface area (Å²) in [5.41, 5.74) is -1.48. The molecule has 6 heterocycles. The van der Waals surface area contributed by atoms with Crippen molar-refractivity contribution >= 4 is 146 Å². The molecule has 4 aromatic carbocycles. The Labute approximate surface area is 866 Å². The van der Waals surface area contributed by atoms with Gasteiger partial charge in [0.2, 0.25) is 100 Å². The highest BCUT2D eigenvalue weighted by molar-refractivity contribution is 7.17. The third kappa shape index (κ3) is 33.0. The number of aryl methyl sites for hydroxylation is 1. The number of hydrogen-bond donors (Lipinski definition) is 19. The maximum atomic E-state index is 16.2. The number of primary amides is 1. The number of rotatable bonds is 17. The summed E-state index contributed by atoms with van der Waals surface area (Å²) in [6.45, 7) is 11.9. The standard InChI is InChI=1S/C105H138N18O25S/c1-61-31-19-20-35-67(61)54-76-89(135)114-75(55-69-59-149-80-39-22-21-37-70(69)80)88(134)111-72(86(132)108-62(2)84(106)130)40-41-81(125)107-47-27-23-38-71-92(138)121-104(98(145)116-76)46-49-122(60-104)100(147)148-50-28-15-11-10-12-24-42-103(43-25-13-14-26-44-105(45-30-48-123(105)64(4)124)99(146)118-78(57-83(128)129)91(137)115-79(94(140)120-103)58-101(5,6)7)97(144)117-77(56-82(126)127)90(136)113-74(53-66-34-29-36-68(51-66)95(141)142)93(139)119-102(8,9)96(143)109-63(3)85(131)112-73(87(133)110-71)52-65-32-17-16-18-33-65/h10-11,14,16-22,26,29,31-37,39,51,59,62-63,71-79H,12-13,15,23-25,27-28,30,38,40-50,52-58,60H2,1-9H3,(H2,106,130)(H,107,125)(H,108,132)(H,109,143)(H,110,133)(H,111,134)(H,112,131)(H,113,136)(H,114,135)(H,115,137)(H,116,145)(H,117,144)(H,118,146)(H,119,139)(H,120,140)(H,121,138)(H,126,127)(H,128,129)(H,141,142)/b11-10-,26-14+/t62-,63-,71-,72-,73-,74-,75-,76-,77-,78-,79-,103+,104-,105-/m0/s1. The Balaban J connectivity index is 1.06. The van der Waals surface area contributed by atoms with Crippen molar-refractivity contribution < 1.29 is 121 Å². The molecule has 5 aliphatic rings. The molecule has 10 rings (SSSR count). The highest BCUT2D eigenvalue weighted by Crippen LogP contribution is 2.36. The van der Waals surface area contributed by atoms with Crippen LogP contribution in [0.4, 0.5) is 4.79 Å². The minimum Gasteiger partial charge on any atom is -0.481 e. The zero-order valence-corrected chi connectivity index (χ0v) is 86.1. The van der Waals surface area contributed by atoms with Gasteiger partial charge in [0.05, 0.1) is 31.6 Å². The summed E-state index contributed by atoms with van der Waals surface area (Å²) in [7, 11) is 0. The fraction of sp³-hybridized carbons (Fsp3) is 0.514. The Kier molecular flexibility index (Phi) is 41.3. The van der Waals surface area contributed by atoms with Gasteiger partial charge >= 0.3 is 24.0 Å². The molecule has 1 aromatic heterocycles. The van der Waals surface area contributed by atoms with Crippen molar-refractivity contribution in [2.75, 3.05) is 32.8 Å². The average molecular weight is 2080 g/mol. The molecule has 44 heteroatoms. The second kappa shape index (κ2) is 53.0. The number of carbonyl (C=O) groups excluding carboxylic acids is 18. The summed E-state index contributed by atoms with van der Waals surface area (Å²) in [6, 6.07) is 8.98. The second-order valence-corrected chi connectivity index (χ2v) is 41.4. The number of aromatic carboxylic acids is 1. The lowest BCUT2D eigenvalue weighted by molar-refractivity contribution is -0.146. The van der Waals surface area contributed by atoms with E-state index in [0.717, 1.165) is 9.60 Å². The van der Waals surface area contributed by atoms with Crippen molar-refractivity contribution in [3.05, 3.63) is 166 Å². The van der Waals surface area contributed by atoms with Crippen LogP contribution in [0, 0.1) is 12.3 Å². The third-order valence-corrected chi connectivity index (χ3v) is 28.1. The fourth-order valence-electron chi connectivity index (χ4n) is 18.7. The number of nitrogens with one attached hydrogen (secondary N) is 15. The highest BCUT2D eigenvalue weighted by atomic mass is 32.1. The van der Waals surface area contributed by atoms with Crippen LogP contribution in [-0.2, 0) is 122 Å². The van der Waals surface area contributed by atoms with Crippen LogP contribution in [0.3, 0.4) is 0 Å². The number of aliphatic carboxylic acids is 2. The van der Waals surface area contributed by atoms with Gasteiger partial charge in [-0.15, -0.1) is 11.3 Å². The quantitative estimate of drug-likeness (QED) is 0.0595. The van der Waals surface area contributed by atoms with Crippen molar-refractivity contribution in [2.45, 2.75) is 305 Å². The van der Waals surface area contributed by atoms with Crippen molar-refractivity contribution in [3.8, 4) is 0 Å². The lowest BCUT2D eigenvalue weighted by atomic mass is 9.83. The number of hydrogen-bond acceptors (Lipinski definition) is 23. The van der Waals surface area contributed by atoms with E-state index in [1.807, 2.05) is 18.2 Å². The molecule has 18 amide bonds. The number of carboxylic acid groups (broad SMARTS) is 3. The van der Waals surface area contributed by atoms with Gasteiger partial charge in [0.1, 0.15) is 88.6 Å². The lowest BCUT2D eigenvalue weighted by Crippen LogP contribution is -2.66. The van der Waals surface area contributed by atoms with Gasteiger partial charge in [-0.2, -0.15) is 0 Å². The zero-order chi connectivity index (χ0) is 109. The minimum atomic E-state index is -2.24. The van der Waals surface area contributed by atoms with Crippen LogP contribution in [0.5, 0.6) is 0 Å². The van der Waals surface area contributed by atoms with Crippen LogP contribution in [0.2, 0.25) is 0 Å². The van der Waals surface area contributed by atoms with E-state index in [-0.39, 0.29) is 153 Å². The number of benzene rings is 4. The van der Waals surface area contributed by atoms with Gasteiger partial charge in [0.15, 0.2) is 0 Å². The average Bonchev–Trinajstić information content (AvgIpc) is 1.64. The Hall–Kier alpha value is -15.0. The number of carbonyl (C=O) groups is 21. The molecule has 20 N–H and O–H groups in total. The van der Waals surface area contributed by atoms with Crippen LogP contribution >= 0.6 is 11.3 Å². The molecule has 3 spiro atoms. The van der Waals surface area contributed by atoms with E-state index in [1.54, 1.807) is 118 Å². The summed E-state index contributed by atoms with van der Waals surface area (Å²) in [6.07, 6.45) is 0.719. The van der Waals surface area contributed by atoms with Gasteiger partial charge in [-0.05, 0) is 206 Å². The van der Waals surface area contributed by atoms with E-state index in [4.69, 9.17) is 10.5 Å². The predicted octanol–water partition coefficient (Wildman–Crippen LogP) is 2.98. The number of allylic oxidation sites excluding steroid dienone is 3. The maximum absolute atomic E-state index is 16.2. The van der Waals surface area contributed by atoms with E-state index in [1.165, 1.54) is 75.1 Å². The molecule has 149 heavy (non-hydrogen) atoms. The van der Waals surface area contributed by atoms with Crippen molar-refractivity contribution in [1.29, 1.82) is 0 Å². The van der Waals surface area contributed by atoms with Gasteiger partial charge in [-0.1, -0.05) is 130 Å². The Morgan fingerprint density at radius 3 is 1.73 bits per heavy atom. The van der Waals surface area contributed by atoms with Crippen molar-refractivity contribution in [3.63, 3.8) is 0 Å². The second-order valence-electron chi connectivity index (χ2n) is 40.5. The molecule has 0 aliphatic carbocycles. The topological polar surface area (TPSA) is 641 Å². The van der Waals surface area contributed by atoms with Crippen LogP contribution in [0.1, 0.15) is 222 Å². The van der Waals surface area contributed by atoms with Gasteiger partial charge in [0.25, 0.3) is 0 Å². The van der Waals surface area contributed by atoms with Crippen LogP contribution in [-0.4, -0.2) is 271 Å². The fourth-order valence-corrected chi connectivity index (χ4v) is 19.7. The smallest absolute Gasteiger partial charge is 0.409 e. The summed E-state index contributed by atoms with van der Waals surface area (Å²) in [4.78, 5) is 310. The normalized spacial score (nSPS) is 26.4. The molecular weight excluding hydrogens is 1950 g/mol. The molecular formula is C105H138N18O25S. The molecule has 3 fully saturated rings. The number of fused-ring (bicyclic) bond motifs is 4. The first-order valence-electron chi connectivity index (χ1n) is 50.3. The molecule has 5 aromatic rings. The zero-order valence-electron chi connectivity index (χ0n) is 85.3. The van der Waals surface area contributed by atoms with Gasteiger partial charge in [-0.3, -0.25) is 91.1 Å². The molecule has 3 bridgehead atoms. The number of ether oxygens (including phenoxy) is 1. The van der Waals surface area contributed by atoms with Crippen LogP contribution in [0.15, 0.2) is 133 Å². The lowest BCUT2D eigenvalue weighted by Gasteiger charge is -2.38. The number of amides is 18. The minimum absolute atomic E-state index is 0.00296. The van der Waals surface area contributed by atoms with Crippen LogP contribution < -0.4 is 85.5 Å². The molecule has 0 unspecified atom stereocenters. The number of nitrogens with two attached hydrogens (primary N) is 1. The number of nitrogens with zero attached hydrogens (tertiary/aromatic N) is 2. The number of cyclic esters (lactones) is 1. The number of thiophene rings is 1. The van der Waals surface area contributed by atoms with Gasteiger partial charge in [0, 0.05) is 63.4 Å². The van der Waals surface area contributed by atoms with E-state index >= 15 is 43.2 Å². The first-order chi connectivity index (χ1) is 70.6. The molecule has 3 saturated heterocycles. The van der Waals surface area contributed by atoms with Crippen molar-refractivity contribution in [2.24, 2.45) is 11.1 Å². The Bertz CT molecular complexity index is 5860. The van der Waals surface area contributed by atoms with E-state index < -0.39 is 257 Å². The summed E-state index contributed by atoms with van der Waals surface area (Å²) in [5.74, 6) is -21.4. The maximum Gasteiger partial charge on any atom is 0.409 e. The van der Waals surface area contributed by atoms with Crippen molar-refractivity contribution in [1.82, 2.24) is 89.6 Å². The molecule has 5 aliphatic heterocycles. The SMILES string of the molecule is CC(=O)N1CCC[C@]12C/C=C/CCC[C@@]1(CCC/C=C\CCCOC(=O)N3CC[C@@]4(C3)NC(=O)[C@H](CCCCNC(=O)CC[C@@H](C(=O)N[C@@H](C)C(N)=O)NC(=O)[C@H](Cc3csc5ccccc35)NC(=O)[C@H](Cc3ccccc3C)NC4=O)NC(=O)[C@H](Cc3ccccc3)NC(=O)[C@H](C)NC(=O)C(C)(C)NC(=O)[C@H](Cc3cccc(C(=O)O)c3)NC(=O)[C@H](CC(=O)O)NC1=O)NC(=O)[C@H](CC(C)(C)C)NC(=O)[C@H](CC(=O)O)NC2=O. The van der Waals surface area contributed by atoms with Gasteiger partial charge < -0.3 is 115 Å². The largest absolute Gasteiger partial charge is 0.481 e. The summed E-state index contributed by atoms with van der Waals surface area (Å²) < 4.78 is 6.73.